The minimum atomic E-state index is -0.478. The van der Waals surface area contributed by atoms with Crippen LogP contribution in [0.2, 0.25) is 0 Å². The summed E-state index contributed by atoms with van der Waals surface area (Å²) < 4.78 is 15.3. The fourth-order valence-electron chi connectivity index (χ4n) is 1.91. The highest BCUT2D eigenvalue weighted by molar-refractivity contribution is 5.90. The van der Waals surface area contributed by atoms with Crippen LogP contribution in [0.4, 0.5) is 10.1 Å². The number of anilines is 1. The smallest absolute Gasteiger partial charge is 0.224 e. The van der Waals surface area contributed by atoms with Crippen LogP contribution in [0, 0.1) is 5.82 Å². The van der Waals surface area contributed by atoms with Gasteiger partial charge in [-0.2, -0.15) is 5.10 Å². The Labute approximate surface area is 122 Å². The highest BCUT2D eigenvalue weighted by Gasteiger charge is 2.08. The number of nitrogens with one attached hydrogen (secondary N) is 1. The number of rotatable bonds is 6. The predicted octanol–water partition coefficient (Wildman–Crippen LogP) is 1.86. The Bertz CT molecular complexity index is 597. The van der Waals surface area contributed by atoms with Gasteiger partial charge in [0.1, 0.15) is 18.3 Å². The lowest BCUT2D eigenvalue weighted by molar-refractivity contribution is -0.116. The molecule has 112 valence electrons. The van der Waals surface area contributed by atoms with Gasteiger partial charge in [-0.1, -0.05) is 0 Å². The Morgan fingerprint density at radius 1 is 1.52 bits per heavy atom. The lowest BCUT2D eigenvalue weighted by Gasteiger charge is -2.08. The van der Waals surface area contributed by atoms with Crippen LogP contribution in [-0.4, -0.2) is 26.7 Å². The molecule has 0 aliphatic rings. The van der Waals surface area contributed by atoms with Crippen LogP contribution in [0.1, 0.15) is 26.2 Å². The number of aromatic nitrogens is 3. The molecule has 0 radical (unpaired) electrons. The van der Waals surface area contributed by atoms with Crippen molar-refractivity contribution < 1.29 is 9.18 Å². The fraction of sp³-hybridized carbons (Fsp3) is 0.357. The minimum absolute atomic E-state index is 0.0807. The molecule has 2 rings (SSSR count). The third-order valence-corrected chi connectivity index (χ3v) is 2.96. The SMILES string of the molecule is CC(N)CCCC(=O)Nc1ccc(-n2cncn2)c(F)c1. The van der Waals surface area contributed by atoms with Gasteiger partial charge >= 0.3 is 0 Å². The largest absolute Gasteiger partial charge is 0.328 e. The van der Waals surface area contributed by atoms with Crippen LogP contribution in [0.3, 0.4) is 0 Å². The number of hydrogen-bond acceptors (Lipinski definition) is 4. The van der Waals surface area contributed by atoms with E-state index in [1.165, 1.54) is 23.4 Å². The summed E-state index contributed by atoms with van der Waals surface area (Å²) in [6.45, 7) is 1.90. The Balaban J connectivity index is 1.96. The van der Waals surface area contributed by atoms with Crippen molar-refractivity contribution in [2.75, 3.05) is 5.32 Å². The van der Waals surface area contributed by atoms with E-state index < -0.39 is 5.82 Å². The molecule has 1 heterocycles. The second-order valence-corrected chi connectivity index (χ2v) is 4.92. The summed E-state index contributed by atoms with van der Waals surface area (Å²) in [7, 11) is 0. The molecule has 0 saturated heterocycles. The van der Waals surface area contributed by atoms with E-state index in [0.29, 0.717) is 18.5 Å². The predicted molar refractivity (Wildman–Crippen MR) is 77.4 cm³/mol. The topological polar surface area (TPSA) is 85.8 Å². The summed E-state index contributed by atoms with van der Waals surface area (Å²) in [5, 5.41) is 6.53. The number of hydrogen-bond donors (Lipinski definition) is 2. The molecule has 1 unspecified atom stereocenters. The van der Waals surface area contributed by atoms with Crippen molar-refractivity contribution in [2.45, 2.75) is 32.2 Å². The molecule has 21 heavy (non-hydrogen) atoms. The number of benzene rings is 1. The van der Waals surface area contributed by atoms with E-state index >= 15 is 0 Å². The van der Waals surface area contributed by atoms with Gasteiger partial charge in [0.05, 0.1) is 0 Å². The summed E-state index contributed by atoms with van der Waals surface area (Å²) in [5.74, 6) is -0.627. The van der Waals surface area contributed by atoms with Crippen LogP contribution >= 0.6 is 0 Å². The third kappa shape index (κ3) is 4.35. The maximum Gasteiger partial charge on any atom is 0.224 e. The van der Waals surface area contributed by atoms with Gasteiger partial charge < -0.3 is 11.1 Å². The molecule has 0 spiro atoms. The van der Waals surface area contributed by atoms with Gasteiger partial charge in [-0.15, -0.1) is 0 Å². The lowest BCUT2D eigenvalue weighted by atomic mass is 10.1. The van der Waals surface area contributed by atoms with Crippen molar-refractivity contribution in [3.8, 4) is 5.69 Å². The van der Waals surface area contributed by atoms with Crippen molar-refractivity contribution in [1.29, 1.82) is 0 Å². The summed E-state index contributed by atoms with van der Waals surface area (Å²) >= 11 is 0. The van der Waals surface area contributed by atoms with Crippen LogP contribution in [0.15, 0.2) is 30.9 Å². The zero-order chi connectivity index (χ0) is 15.2. The molecule has 3 N–H and O–H groups in total. The zero-order valence-electron chi connectivity index (χ0n) is 11.8. The Kier molecular flexibility index (Phi) is 4.99. The van der Waals surface area contributed by atoms with E-state index in [0.717, 1.165) is 6.42 Å². The molecule has 1 aromatic heterocycles. The first-order chi connectivity index (χ1) is 10.1. The highest BCUT2D eigenvalue weighted by Crippen LogP contribution is 2.17. The molecule has 1 amide bonds. The Hall–Kier alpha value is -2.28. The molecule has 1 atom stereocenters. The first-order valence-corrected chi connectivity index (χ1v) is 6.76. The normalized spacial score (nSPS) is 12.1. The number of halogens is 1. The molecular weight excluding hydrogens is 273 g/mol. The number of nitrogens with zero attached hydrogens (tertiary/aromatic N) is 3. The number of nitrogens with two attached hydrogens (primary N) is 1. The summed E-state index contributed by atoms with van der Waals surface area (Å²) in [5.41, 5.74) is 6.32. The van der Waals surface area contributed by atoms with Crippen molar-refractivity contribution in [2.24, 2.45) is 5.73 Å². The molecule has 6 nitrogen and oxygen atoms in total. The molecule has 2 aromatic rings. The van der Waals surface area contributed by atoms with Gasteiger partial charge in [-0.05, 0) is 38.0 Å². The second kappa shape index (κ2) is 6.94. The maximum atomic E-state index is 14.0. The number of amides is 1. The standard InChI is InChI=1S/C14H18FN5O/c1-10(16)3-2-4-14(21)19-11-5-6-13(12(15)7-11)20-9-17-8-18-20/h5-10H,2-4,16H2,1H3,(H,19,21). The zero-order valence-corrected chi connectivity index (χ0v) is 11.8. The number of carbonyl (C=O) groups is 1. The van der Waals surface area contributed by atoms with Crippen molar-refractivity contribution in [1.82, 2.24) is 14.8 Å². The van der Waals surface area contributed by atoms with Crippen LogP contribution in [0.25, 0.3) is 5.69 Å². The van der Waals surface area contributed by atoms with E-state index in [1.807, 2.05) is 6.92 Å². The Morgan fingerprint density at radius 3 is 2.95 bits per heavy atom. The van der Waals surface area contributed by atoms with Crippen LogP contribution < -0.4 is 11.1 Å². The number of carbonyl (C=O) groups excluding carboxylic acids is 1. The fourth-order valence-corrected chi connectivity index (χ4v) is 1.91. The van der Waals surface area contributed by atoms with Crippen molar-refractivity contribution in [3.05, 3.63) is 36.7 Å². The van der Waals surface area contributed by atoms with E-state index in [9.17, 15) is 9.18 Å². The molecular formula is C14H18FN5O. The molecule has 1 aromatic carbocycles. The van der Waals surface area contributed by atoms with Crippen molar-refractivity contribution in [3.63, 3.8) is 0 Å². The quantitative estimate of drug-likeness (QED) is 0.850. The summed E-state index contributed by atoms with van der Waals surface area (Å²) in [4.78, 5) is 15.5. The van der Waals surface area contributed by atoms with Gasteiger partial charge in [0.25, 0.3) is 0 Å². The third-order valence-electron chi connectivity index (χ3n) is 2.96. The minimum Gasteiger partial charge on any atom is -0.328 e. The van der Waals surface area contributed by atoms with E-state index in [4.69, 9.17) is 5.73 Å². The van der Waals surface area contributed by atoms with Crippen molar-refractivity contribution >= 4 is 11.6 Å². The average molecular weight is 291 g/mol. The Morgan fingerprint density at radius 2 is 2.33 bits per heavy atom. The van der Waals surface area contributed by atoms with E-state index in [1.54, 1.807) is 12.1 Å². The molecule has 0 fully saturated rings. The first kappa shape index (κ1) is 15.1. The average Bonchev–Trinajstić information content (AvgIpc) is 2.92. The molecule has 0 aliphatic carbocycles. The van der Waals surface area contributed by atoms with Crippen LogP contribution in [0.5, 0.6) is 0 Å². The lowest BCUT2D eigenvalue weighted by Crippen LogP contribution is -2.17. The van der Waals surface area contributed by atoms with Gasteiger partial charge in [0.15, 0.2) is 5.82 Å². The second-order valence-electron chi connectivity index (χ2n) is 4.92. The summed E-state index contributed by atoms with van der Waals surface area (Å²) in [6, 6.07) is 4.52. The van der Waals surface area contributed by atoms with Gasteiger partial charge in [-0.3, -0.25) is 4.79 Å². The molecule has 0 aliphatic heterocycles. The van der Waals surface area contributed by atoms with E-state index in [-0.39, 0.29) is 17.6 Å². The van der Waals surface area contributed by atoms with Gasteiger partial charge in [0.2, 0.25) is 5.91 Å². The first-order valence-electron chi connectivity index (χ1n) is 6.76. The molecule has 0 bridgehead atoms. The molecule has 0 saturated carbocycles. The summed E-state index contributed by atoms with van der Waals surface area (Å²) in [6.07, 6.45) is 4.60. The van der Waals surface area contributed by atoms with Gasteiger partial charge in [0, 0.05) is 18.2 Å². The monoisotopic (exact) mass is 291 g/mol. The maximum absolute atomic E-state index is 14.0. The highest BCUT2D eigenvalue weighted by atomic mass is 19.1. The molecule has 7 heteroatoms. The van der Waals surface area contributed by atoms with Crippen LogP contribution in [-0.2, 0) is 4.79 Å². The van der Waals surface area contributed by atoms with Gasteiger partial charge in [-0.25, -0.2) is 14.1 Å². The van der Waals surface area contributed by atoms with E-state index in [2.05, 4.69) is 15.4 Å².